The van der Waals surface area contributed by atoms with Crippen LogP contribution < -0.4 is 0 Å². The molecule has 0 radical (unpaired) electrons. The Kier molecular flexibility index (Phi) is 6.38. The molecule has 1 aromatic heterocycles. The number of hydrogen-bond acceptors (Lipinski definition) is 6. The smallest absolute Gasteiger partial charge is 0.247 e. The van der Waals surface area contributed by atoms with Gasteiger partial charge in [0.1, 0.15) is 0 Å². The highest BCUT2D eigenvalue weighted by molar-refractivity contribution is 7.89. The lowest BCUT2D eigenvalue weighted by atomic mass is 9.97. The number of hydrogen-bond donors (Lipinski definition) is 0. The monoisotopic (exact) mass is 454 g/mol. The van der Waals surface area contributed by atoms with Crippen LogP contribution in [-0.2, 0) is 21.4 Å². The number of aryl methyl sites for hydroxylation is 1. The molecule has 0 N–H and O–H groups in total. The van der Waals surface area contributed by atoms with Crippen molar-refractivity contribution < 1.29 is 17.6 Å². The van der Waals surface area contributed by atoms with Gasteiger partial charge in [-0.3, -0.25) is 4.79 Å². The molecule has 0 unspecified atom stereocenters. The van der Waals surface area contributed by atoms with Gasteiger partial charge in [0.15, 0.2) is 0 Å². The number of piperidine rings is 1. The Balaban J connectivity index is 1.34. The lowest BCUT2D eigenvalue weighted by Crippen LogP contribution is -2.43. The second-order valence-electron chi connectivity index (χ2n) is 8.05. The lowest BCUT2D eigenvalue weighted by Gasteiger charge is -2.32. The summed E-state index contributed by atoms with van der Waals surface area (Å²) in [7, 11) is -1.85. The van der Waals surface area contributed by atoms with Gasteiger partial charge in [-0.25, -0.2) is 8.42 Å². The maximum Gasteiger partial charge on any atom is 0.247 e. The van der Waals surface area contributed by atoms with Gasteiger partial charge in [0.05, 0.1) is 11.4 Å². The number of sulfonamides is 1. The molecule has 168 valence electrons. The molecule has 1 aliphatic rings. The van der Waals surface area contributed by atoms with E-state index in [9.17, 15) is 13.2 Å². The van der Waals surface area contributed by atoms with Gasteiger partial charge in [0.2, 0.25) is 27.7 Å². The van der Waals surface area contributed by atoms with E-state index in [4.69, 9.17) is 4.42 Å². The molecule has 0 bridgehead atoms. The Hall–Kier alpha value is -3.04. The first-order valence-corrected chi connectivity index (χ1v) is 12.0. The zero-order chi connectivity index (χ0) is 22.7. The number of rotatable bonds is 6. The molecule has 3 aromatic rings. The molecule has 1 fully saturated rings. The molecule has 0 atom stereocenters. The number of benzene rings is 2. The second kappa shape index (κ2) is 9.22. The molecule has 0 aliphatic carbocycles. The minimum Gasteiger partial charge on any atom is -0.419 e. The van der Waals surface area contributed by atoms with Gasteiger partial charge in [0, 0.05) is 31.6 Å². The van der Waals surface area contributed by atoms with Crippen molar-refractivity contribution in [1.29, 1.82) is 0 Å². The van der Waals surface area contributed by atoms with Crippen molar-refractivity contribution in [1.82, 2.24) is 19.4 Å². The summed E-state index contributed by atoms with van der Waals surface area (Å²) in [6.45, 7) is 2.76. The van der Waals surface area contributed by atoms with Crippen molar-refractivity contribution in [2.75, 3.05) is 20.1 Å². The maximum absolute atomic E-state index is 12.9. The normalized spacial score (nSPS) is 15.6. The van der Waals surface area contributed by atoms with E-state index < -0.39 is 10.0 Å². The summed E-state index contributed by atoms with van der Waals surface area (Å²) >= 11 is 0. The van der Waals surface area contributed by atoms with Crippen LogP contribution in [0.1, 0.15) is 24.3 Å². The molecule has 8 nitrogen and oxygen atoms in total. The zero-order valence-corrected chi connectivity index (χ0v) is 19.0. The zero-order valence-electron chi connectivity index (χ0n) is 18.1. The van der Waals surface area contributed by atoms with Crippen molar-refractivity contribution in [3.8, 4) is 11.5 Å². The maximum atomic E-state index is 12.9. The molecular formula is C23H26N4O4S. The van der Waals surface area contributed by atoms with Crippen LogP contribution in [0.3, 0.4) is 0 Å². The van der Waals surface area contributed by atoms with Crippen LogP contribution in [0.2, 0.25) is 0 Å². The summed E-state index contributed by atoms with van der Waals surface area (Å²) in [5, 5.41) is 8.10. The summed E-state index contributed by atoms with van der Waals surface area (Å²) < 4.78 is 32.9. The second-order valence-corrected chi connectivity index (χ2v) is 9.99. The van der Waals surface area contributed by atoms with E-state index in [0.29, 0.717) is 37.7 Å². The van der Waals surface area contributed by atoms with Gasteiger partial charge in [0.25, 0.3) is 0 Å². The first-order chi connectivity index (χ1) is 15.3. The highest BCUT2D eigenvalue weighted by Gasteiger charge is 2.33. The fraction of sp³-hybridized carbons (Fsp3) is 0.348. The largest absolute Gasteiger partial charge is 0.419 e. The first kappa shape index (κ1) is 22.2. The average molecular weight is 455 g/mol. The Morgan fingerprint density at radius 1 is 1.06 bits per heavy atom. The quantitative estimate of drug-likeness (QED) is 0.568. The van der Waals surface area contributed by atoms with Crippen LogP contribution in [0.4, 0.5) is 0 Å². The predicted molar refractivity (Wildman–Crippen MR) is 119 cm³/mol. The Labute approximate surface area is 187 Å². The van der Waals surface area contributed by atoms with Crippen molar-refractivity contribution in [3.05, 3.63) is 66.1 Å². The van der Waals surface area contributed by atoms with Crippen molar-refractivity contribution in [3.63, 3.8) is 0 Å². The summed E-state index contributed by atoms with van der Waals surface area (Å²) in [4.78, 5) is 14.8. The van der Waals surface area contributed by atoms with Gasteiger partial charge < -0.3 is 9.32 Å². The van der Waals surface area contributed by atoms with Crippen LogP contribution in [0.15, 0.2) is 63.9 Å². The van der Waals surface area contributed by atoms with E-state index in [2.05, 4.69) is 10.2 Å². The van der Waals surface area contributed by atoms with Crippen LogP contribution in [0.5, 0.6) is 0 Å². The number of aromatic nitrogens is 2. The Morgan fingerprint density at radius 2 is 1.72 bits per heavy atom. The fourth-order valence-corrected chi connectivity index (χ4v) is 5.28. The van der Waals surface area contributed by atoms with Crippen molar-refractivity contribution in [2.45, 2.75) is 31.2 Å². The third-order valence-electron chi connectivity index (χ3n) is 5.70. The van der Waals surface area contributed by atoms with E-state index in [-0.39, 0.29) is 23.3 Å². The standard InChI is InChI=1S/C23H26N4O4S/c1-17-8-10-20(11-9-17)32(29,30)27-14-12-19(13-15-27)23(28)26(2)16-21-24-25-22(31-21)18-6-4-3-5-7-18/h3-11,19H,12-16H2,1-2H3. The molecule has 9 heteroatoms. The van der Waals surface area contributed by atoms with Crippen LogP contribution in [-0.4, -0.2) is 53.9 Å². The van der Waals surface area contributed by atoms with Gasteiger partial charge in [-0.1, -0.05) is 35.9 Å². The van der Waals surface area contributed by atoms with Crippen molar-refractivity contribution >= 4 is 15.9 Å². The van der Waals surface area contributed by atoms with Crippen molar-refractivity contribution in [2.24, 2.45) is 5.92 Å². The topological polar surface area (TPSA) is 96.6 Å². The summed E-state index contributed by atoms with van der Waals surface area (Å²) in [5.41, 5.74) is 1.83. The van der Waals surface area contributed by atoms with Gasteiger partial charge in [-0.05, 0) is 44.0 Å². The van der Waals surface area contributed by atoms with E-state index in [1.165, 1.54) is 4.31 Å². The summed E-state index contributed by atoms with van der Waals surface area (Å²) in [6.07, 6.45) is 0.959. The molecule has 1 saturated heterocycles. The third kappa shape index (κ3) is 4.73. The molecule has 2 aromatic carbocycles. The number of nitrogens with zero attached hydrogens (tertiary/aromatic N) is 4. The molecule has 2 heterocycles. The van der Waals surface area contributed by atoms with Crippen LogP contribution >= 0.6 is 0 Å². The molecule has 0 spiro atoms. The van der Waals surface area contributed by atoms with Crippen LogP contribution in [0, 0.1) is 12.8 Å². The molecule has 1 amide bonds. The van der Waals surface area contributed by atoms with Crippen LogP contribution in [0.25, 0.3) is 11.5 Å². The predicted octanol–water partition coefficient (Wildman–Crippen LogP) is 3.10. The fourth-order valence-electron chi connectivity index (χ4n) is 3.81. The van der Waals surface area contributed by atoms with E-state index >= 15 is 0 Å². The van der Waals surface area contributed by atoms with E-state index in [0.717, 1.165) is 11.1 Å². The van der Waals surface area contributed by atoms with Gasteiger partial charge in [-0.2, -0.15) is 4.31 Å². The Bertz CT molecular complexity index is 1170. The number of carbonyl (C=O) groups excluding carboxylic acids is 1. The number of carbonyl (C=O) groups is 1. The minimum atomic E-state index is -3.55. The highest BCUT2D eigenvalue weighted by Crippen LogP contribution is 2.26. The van der Waals surface area contributed by atoms with Gasteiger partial charge >= 0.3 is 0 Å². The lowest BCUT2D eigenvalue weighted by molar-refractivity contribution is -0.136. The van der Waals surface area contributed by atoms with E-state index in [1.807, 2.05) is 37.3 Å². The number of amides is 1. The molecule has 32 heavy (non-hydrogen) atoms. The van der Waals surface area contributed by atoms with E-state index in [1.54, 1.807) is 36.2 Å². The molecule has 1 aliphatic heterocycles. The van der Waals surface area contributed by atoms with Gasteiger partial charge in [-0.15, -0.1) is 10.2 Å². The third-order valence-corrected chi connectivity index (χ3v) is 7.61. The SMILES string of the molecule is Cc1ccc(S(=O)(=O)N2CCC(C(=O)N(C)Cc3nnc(-c4ccccc4)o3)CC2)cc1. The Morgan fingerprint density at radius 3 is 2.38 bits per heavy atom. The highest BCUT2D eigenvalue weighted by atomic mass is 32.2. The molecular weight excluding hydrogens is 428 g/mol. The first-order valence-electron chi connectivity index (χ1n) is 10.5. The molecule has 0 saturated carbocycles. The summed E-state index contributed by atoms with van der Waals surface area (Å²) in [5.74, 6) is 0.494. The summed E-state index contributed by atoms with van der Waals surface area (Å²) in [6, 6.07) is 16.3. The minimum absolute atomic E-state index is 0.0446. The molecule has 4 rings (SSSR count). The average Bonchev–Trinajstić information content (AvgIpc) is 3.28.